The van der Waals surface area contributed by atoms with Crippen LogP contribution in [0.4, 0.5) is 14.6 Å². The number of fused-ring (bicyclic) bond motifs is 6. The molecule has 4 aromatic rings. The second-order valence-electron chi connectivity index (χ2n) is 15.4. The third-order valence-electron chi connectivity index (χ3n) is 11.9. The summed E-state index contributed by atoms with van der Waals surface area (Å²) in [5.41, 5.74) is 1.73. The van der Waals surface area contributed by atoms with Crippen molar-refractivity contribution in [3.05, 3.63) is 53.1 Å². The summed E-state index contributed by atoms with van der Waals surface area (Å²) in [6.07, 6.45) is 13.5. The Morgan fingerprint density at radius 2 is 1.88 bits per heavy atom. The van der Waals surface area contributed by atoms with E-state index in [1.807, 2.05) is 6.07 Å². The molecule has 4 atom stereocenters. The molecule has 6 fully saturated rings. The molecule has 2 saturated carbocycles. The highest BCUT2D eigenvalue weighted by Gasteiger charge is 2.49. The molecular formula is C39H39F2N5O3. The van der Waals surface area contributed by atoms with E-state index >= 15 is 8.78 Å². The van der Waals surface area contributed by atoms with Gasteiger partial charge < -0.3 is 24.8 Å². The largest absolute Gasteiger partial charge is 0.508 e. The number of rotatable bonds is 8. The van der Waals surface area contributed by atoms with Gasteiger partial charge in [-0.25, -0.2) is 8.78 Å². The lowest BCUT2D eigenvalue weighted by atomic mass is 9.88. The third-order valence-corrected chi connectivity index (χ3v) is 11.9. The summed E-state index contributed by atoms with van der Waals surface area (Å²) in [4.78, 5) is 14.7. The number of benzene rings is 3. The van der Waals surface area contributed by atoms with Gasteiger partial charge in [0.15, 0.2) is 5.82 Å². The van der Waals surface area contributed by atoms with Gasteiger partial charge in [0.2, 0.25) is 0 Å². The molecule has 4 saturated heterocycles. The molecule has 0 amide bonds. The lowest BCUT2D eigenvalue weighted by Crippen LogP contribution is -2.51. The minimum absolute atomic E-state index is 0.0346. The highest BCUT2D eigenvalue weighted by Crippen LogP contribution is 2.51. The van der Waals surface area contributed by atoms with Crippen LogP contribution in [0, 0.1) is 29.4 Å². The summed E-state index contributed by atoms with van der Waals surface area (Å²) in [7, 11) is 0. The fourth-order valence-corrected chi connectivity index (χ4v) is 9.09. The summed E-state index contributed by atoms with van der Waals surface area (Å²) in [5, 5.41) is 16.1. The van der Waals surface area contributed by atoms with E-state index in [1.54, 1.807) is 6.07 Å². The number of aromatic hydroxyl groups is 1. The zero-order valence-corrected chi connectivity index (χ0v) is 27.4. The number of morpholine rings is 1. The zero-order chi connectivity index (χ0) is 33.0. The van der Waals surface area contributed by atoms with Crippen LogP contribution in [0.25, 0.3) is 32.8 Å². The number of terminal acetylenes is 1. The first-order chi connectivity index (χ1) is 23.8. The number of likely N-dealkylation sites (tertiary alicyclic amines) is 1. The first-order valence-electron chi connectivity index (χ1n) is 17.8. The van der Waals surface area contributed by atoms with Gasteiger partial charge in [0.25, 0.3) is 0 Å². The molecule has 8 nitrogen and oxygen atoms in total. The van der Waals surface area contributed by atoms with Crippen molar-refractivity contribution in [2.24, 2.45) is 5.41 Å². The Morgan fingerprint density at radius 3 is 2.57 bits per heavy atom. The fraction of sp³-hybridized carbons (Fsp3) is 0.487. The normalized spacial score (nSPS) is 26.9. The maximum absolute atomic E-state index is 17.5. The van der Waals surface area contributed by atoms with Crippen LogP contribution >= 0.6 is 0 Å². The number of nitrogens with one attached hydrogen (secondary N) is 1. The van der Waals surface area contributed by atoms with E-state index in [4.69, 9.17) is 25.9 Å². The number of phenols is 1. The van der Waals surface area contributed by atoms with Crippen LogP contribution in [0.2, 0.25) is 0 Å². The van der Waals surface area contributed by atoms with Gasteiger partial charge in [-0.05, 0) is 91.6 Å². The maximum atomic E-state index is 17.5. The van der Waals surface area contributed by atoms with Crippen LogP contribution in [-0.4, -0.2) is 83.6 Å². The highest BCUT2D eigenvalue weighted by atomic mass is 19.1. The molecule has 4 bridgehead atoms. The van der Waals surface area contributed by atoms with Crippen LogP contribution in [0.15, 0.2) is 30.3 Å². The van der Waals surface area contributed by atoms with Crippen molar-refractivity contribution in [3.63, 3.8) is 0 Å². The average Bonchev–Trinajstić information content (AvgIpc) is 3.98. The second-order valence-corrected chi connectivity index (χ2v) is 15.4. The highest BCUT2D eigenvalue weighted by molar-refractivity contribution is 6.05. The van der Waals surface area contributed by atoms with Crippen molar-refractivity contribution < 1.29 is 23.4 Å². The van der Waals surface area contributed by atoms with Gasteiger partial charge >= 0.3 is 6.01 Å². The number of piperazine rings is 1. The van der Waals surface area contributed by atoms with Crippen molar-refractivity contribution in [2.45, 2.75) is 75.1 Å². The van der Waals surface area contributed by atoms with Crippen LogP contribution in [0.3, 0.4) is 0 Å². The van der Waals surface area contributed by atoms with E-state index in [9.17, 15) is 5.11 Å². The Morgan fingerprint density at radius 1 is 1.06 bits per heavy atom. The summed E-state index contributed by atoms with van der Waals surface area (Å²) in [5.74, 6) is 2.17. The van der Waals surface area contributed by atoms with Gasteiger partial charge in [0.05, 0.1) is 24.9 Å². The molecule has 4 aliphatic heterocycles. The van der Waals surface area contributed by atoms with Gasteiger partial charge in [0, 0.05) is 66.1 Å². The van der Waals surface area contributed by atoms with Crippen LogP contribution in [-0.2, 0) is 4.74 Å². The van der Waals surface area contributed by atoms with Crippen molar-refractivity contribution >= 4 is 27.5 Å². The van der Waals surface area contributed by atoms with Crippen molar-refractivity contribution in [1.82, 2.24) is 20.2 Å². The lowest BCUT2D eigenvalue weighted by Gasteiger charge is -2.34. The molecule has 0 radical (unpaired) electrons. The summed E-state index contributed by atoms with van der Waals surface area (Å²) in [6.45, 7) is 4.75. The topological polar surface area (TPSA) is 83.0 Å². The van der Waals surface area contributed by atoms with Crippen molar-refractivity contribution in [2.75, 3.05) is 44.3 Å². The SMILES string of the molecule is C#Cc1c(F)ccc2cc(O)cc(-c3c(C4CC4)cc4c(N5CC6CCC(C5)N6)nc(OCC5(CN6C[C@H]7C[C@@H]6CO7)CC5)nc4c3F)c12. The number of halogens is 2. The first-order valence-corrected chi connectivity index (χ1v) is 17.8. The number of phenolic OH excluding ortho intramolecular Hbond substituents is 1. The number of anilines is 1. The number of ether oxygens (including phenoxy) is 2. The zero-order valence-electron chi connectivity index (χ0n) is 27.4. The molecule has 2 aliphatic carbocycles. The predicted octanol–water partition coefficient (Wildman–Crippen LogP) is 5.87. The van der Waals surface area contributed by atoms with E-state index in [1.165, 1.54) is 18.2 Å². The monoisotopic (exact) mass is 663 g/mol. The first kappa shape index (κ1) is 29.8. The third kappa shape index (κ3) is 5.04. The predicted molar refractivity (Wildman–Crippen MR) is 183 cm³/mol. The van der Waals surface area contributed by atoms with Crippen LogP contribution < -0.4 is 15.0 Å². The van der Waals surface area contributed by atoms with Gasteiger partial charge in [-0.15, -0.1) is 6.42 Å². The second kappa shape index (κ2) is 11.0. The molecular weight excluding hydrogens is 624 g/mol. The van der Waals surface area contributed by atoms with Crippen LogP contribution in [0.1, 0.15) is 62.0 Å². The molecule has 2 N–H and O–H groups in total. The number of hydrogen-bond donors (Lipinski definition) is 2. The maximum Gasteiger partial charge on any atom is 0.319 e. The minimum Gasteiger partial charge on any atom is -0.508 e. The Labute approximate surface area is 283 Å². The Bertz CT molecular complexity index is 2060. The smallest absolute Gasteiger partial charge is 0.319 e. The van der Waals surface area contributed by atoms with Crippen LogP contribution in [0.5, 0.6) is 11.8 Å². The number of hydrogen-bond acceptors (Lipinski definition) is 8. The molecule has 0 spiro atoms. The Balaban J connectivity index is 1.11. The van der Waals surface area contributed by atoms with Gasteiger partial charge in [-0.1, -0.05) is 12.0 Å². The standard InChI is InChI=1S/C39H39F2N5O3/c1-2-28-32(40)8-5-22-11-26(47)13-30(33(22)28)34-29(21-3-4-21)14-31-36(35(34)41)43-38(44-37(31)45-15-23-6-7-24(16-45)42-23)49-20-39(9-10-39)19-46-17-27-12-25(46)18-48-27/h1,5,8,11,13-14,21,23-25,27,42,47H,3-4,6-7,9-10,12,15-20H2/t23?,24?,25-,27-/m1/s1. The molecule has 1 aromatic heterocycles. The lowest BCUT2D eigenvalue weighted by molar-refractivity contribution is 0.0176. The molecule has 2 unspecified atom stereocenters. The number of nitrogens with zero attached hydrogens (tertiary/aromatic N) is 4. The molecule has 5 heterocycles. The number of aromatic nitrogens is 2. The van der Waals surface area contributed by atoms with Crippen molar-refractivity contribution in [1.29, 1.82) is 0 Å². The molecule has 10 heteroatoms. The summed E-state index contributed by atoms with van der Waals surface area (Å²) in [6, 6.07) is 9.29. The van der Waals surface area contributed by atoms with Gasteiger partial charge in [-0.2, -0.15) is 9.97 Å². The van der Waals surface area contributed by atoms with E-state index in [2.05, 4.69) is 21.0 Å². The molecule has 10 rings (SSSR count). The van der Waals surface area contributed by atoms with E-state index in [0.29, 0.717) is 63.9 Å². The van der Waals surface area contributed by atoms with E-state index < -0.39 is 11.6 Å². The molecule has 3 aromatic carbocycles. The molecule has 252 valence electrons. The molecule has 6 aliphatic rings. The average molecular weight is 664 g/mol. The Kier molecular flexibility index (Phi) is 6.69. The summed E-state index contributed by atoms with van der Waals surface area (Å²) >= 11 is 0. The van der Waals surface area contributed by atoms with Gasteiger partial charge in [0.1, 0.15) is 22.9 Å². The molecule has 49 heavy (non-hydrogen) atoms. The van der Waals surface area contributed by atoms with E-state index in [-0.39, 0.29) is 34.2 Å². The van der Waals surface area contributed by atoms with Gasteiger partial charge in [-0.3, -0.25) is 4.90 Å². The fourth-order valence-electron chi connectivity index (χ4n) is 9.09. The summed E-state index contributed by atoms with van der Waals surface area (Å²) < 4.78 is 44.9. The van der Waals surface area contributed by atoms with Crippen molar-refractivity contribution in [3.8, 4) is 35.2 Å². The Hall–Kier alpha value is -4.04. The van der Waals surface area contributed by atoms with E-state index in [0.717, 1.165) is 83.3 Å². The minimum atomic E-state index is -0.562. The quantitative estimate of drug-likeness (QED) is 0.227.